The number of nitrogens with one attached hydrogen (secondary N) is 1. The molecule has 2 nitrogen and oxygen atoms in total. The SMILES string of the molecule is CCNC(C)c1ccc(N(C)C(C)C(C)(C)C)c(F)c1. The van der Waals surface area contributed by atoms with Gasteiger partial charge in [0, 0.05) is 19.1 Å². The van der Waals surface area contributed by atoms with Gasteiger partial charge in [-0.15, -0.1) is 0 Å². The zero-order valence-electron chi connectivity index (χ0n) is 13.9. The van der Waals surface area contributed by atoms with Gasteiger partial charge in [-0.3, -0.25) is 0 Å². The molecule has 2 unspecified atom stereocenters. The van der Waals surface area contributed by atoms with E-state index < -0.39 is 0 Å². The molecule has 0 heterocycles. The van der Waals surface area contributed by atoms with Crippen LogP contribution in [-0.4, -0.2) is 19.6 Å². The average molecular weight is 280 g/mol. The van der Waals surface area contributed by atoms with E-state index in [-0.39, 0.29) is 23.3 Å². The van der Waals surface area contributed by atoms with Gasteiger partial charge in [-0.2, -0.15) is 0 Å². The molecular formula is C17H29FN2. The van der Waals surface area contributed by atoms with Crippen molar-refractivity contribution in [3.63, 3.8) is 0 Å². The minimum absolute atomic E-state index is 0.108. The van der Waals surface area contributed by atoms with Crippen LogP contribution >= 0.6 is 0 Å². The van der Waals surface area contributed by atoms with Crippen LogP contribution in [0, 0.1) is 11.2 Å². The van der Waals surface area contributed by atoms with E-state index in [1.165, 1.54) is 0 Å². The maximum absolute atomic E-state index is 14.4. The molecular weight excluding hydrogens is 251 g/mol. The highest BCUT2D eigenvalue weighted by molar-refractivity contribution is 5.50. The van der Waals surface area contributed by atoms with Gasteiger partial charge in [-0.1, -0.05) is 33.8 Å². The van der Waals surface area contributed by atoms with Crippen molar-refractivity contribution in [3.8, 4) is 0 Å². The molecule has 1 aromatic rings. The Morgan fingerprint density at radius 2 is 1.85 bits per heavy atom. The summed E-state index contributed by atoms with van der Waals surface area (Å²) in [6, 6.07) is 5.98. The van der Waals surface area contributed by atoms with Crippen molar-refractivity contribution in [1.82, 2.24) is 5.32 Å². The first kappa shape index (κ1) is 17.0. The van der Waals surface area contributed by atoms with Gasteiger partial charge in [0.05, 0.1) is 5.69 Å². The third-order valence-corrected chi connectivity index (χ3v) is 4.20. The maximum atomic E-state index is 14.4. The van der Waals surface area contributed by atoms with Crippen LogP contribution < -0.4 is 10.2 Å². The molecule has 0 aliphatic heterocycles. The molecule has 0 aromatic heterocycles. The summed E-state index contributed by atoms with van der Waals surface area (Å²) >= 11 is 0. The van der Waals surface area contributed by atoms with Crippen molar-refractivity contribution in [2.75, 3.05) is 18.5 Å². The van der Waals surface area contributed by atoms with Gasteiger partial charge >= 0.3 is 0 Å². The minimum atomic E-state index is -0.147. The summed E-state index contributed by atoms with van der Waals surface area (Å²) in [5.74, 6) is -0.147. The van der Waals surface area contributed by atoms with E-state index in [0.29, 0.717) is 5.69 Å². The lowest BCUT2D eigenvalue weighted by molar-refractivity contribution is 0.328. The number of benzene rings is 1. The molecule has 0 fully saturated rings. The lowest BCUT2D eigenvalue weighted by Gasteiger charge is -2.37. The molecule has 0 saturated heterocycles. The second kappa shape index (κ2) is 6.57. The molecule has 0 radical (unpaired) electrons. The minimum Gasteiger partial charge on any atom is -0.369 e. The lowest BCUT2D eigenvalue weighted by atomic mass is 9.87. The summed E-state index contributed by atoms with van der Waals surface area (Å²) < 4.78 is 14.4. The fourth-order valence-corrected chi connectivity index (χ4v) is 2.29. The van der Waals surface area contributed by atoms with E-state index in [4.69, 9.17) is 0 Å². The number of hydrogen-bond donors (Lipinski definition) is 1. The van der Waals surface area contributed by atoms with Crippen LogP contribution in [0.5, 0.6) is 0 Å². The Labute approximate surface area is 123 Å². The molecule has 0 aliphatic carbocycles. The molecule has 0 spiro atoms. The number of halogens is 1. The number of hydrogen-bond acceptors (Lipinski definition) is 2. The van der Waals surface area contributed by atoms with Crippen molar-refractivity contribution in [1.29, 1.82) is 0 Å². The largest absolute Gasteiger partial charge is 0.369 e. The monoisotopic (exact) mass is 280 g/mol. The Hall–Kier alpha value is -1.09. The van der Waals surface area contributed by atoms with Crippen LogP contribution in [0.25, 0.3) is 0 Å². The molecule has 0 bridgehead atoms. The molecule has 0 amide bonds. The Bertz CT molecular complexity index is 437. The summed E-state index contributed by atoms with van der Waals surface area (Å²) in [5.41, 5.74) is 1.77. The van der Waals surface area contributed by atoms with Crippen LogP contribution in [0.1, 0.15) is 53.1 Å². The first-order chi connectivity index (χ1) is 9.18. The van der Waals surface area contributed by atoms with Crippen LogP contribution in [-0.2, 0) is 0 Å². The van der Waals surface area contributed by atoms with Crippen LogP contribution in [0.2, 0.25) is 0 Å². The van der Waals surface area contributed by atoms with Crippen molar-refractivity contribution < 1.29 is 4.39 Å². The van der Waals surface area contributed by atoms with Crippen LogP contribution in [0.3, 0.4) is 0 Å². The number of anilines is 1. The third kappa shape index (κ3) is 3.95. The Morgan fingerprint density at radius 1 is 1.25 bits per heavy atom. The molecule has 1 rings (SSSR count). The van der Waals surface area contributed by atoms with Crippen molar-refractivity contribution in [3.05, 3.63) is 29.6 Å². The highest BCUT2D eigenvalue weighted by Crippen LogP contribution is 2.30. The lowest BCUT2D eigenvalue weighted by Crippen LogP contribution is -2.39. The van der Waals surface area contributed by atoms with Gasteiger partial charge in [0.15, 0.2) is 0 Å². The van der Waals surface area contributed by atoms with E-state index in [0.717, 1.165) is 12.1 Å². The highest BCUT2D eigenvalue weighted by Gasteiger charge is 2.25. The predicted octanol–water partition coefficient (Wildman–Crippen LogP) is 4.37. The fraction of sp³-hybridized carbons (Fsp3) is 0.647. The van der Waals surface area contributed by atoms with Crippen molar-refractivity contribution >= 4 is 5.69 Å². The summed E-state index contributed by atoms with van der Waals surface area (Å²) in [5, 5.41) is 3.30. The molecule has 2 atom stereocenters. The summed E-state index contributed by atoms with van der Waals surface area (Å²) in [4.78, 5) is 2.02. The zero-order chi connectivity index (χ0) is 15.5. The predicted molar refractivity (Wildman–Crippen MR) is 85.8 cm³/mol. The standard InChI is InChI=1S/C17H29FN2/c1-8-19-12(2)14-9-10-16(15(18)11-14)20(7)13(3)17(4,5)6/h9-13,19H,8H2,1-7H3. The fourth-order valence-electron chi connectivity index (χ4n) is 2.29. The molecule has 1 aromatic carbocycles. The van der Waals surface area contributed by atoms with Crippen molar-refractivity contribution in [2.45, 2.75) is 53.6 Å². The molecule has 0 saturated carbocycles. The third-order valence-electron chi connectivity index (χ3n) is 4.20. The molecule has 114 valence electrons. The Balaban J connectivity index is 2.98. The molecule has 0 aliphatic rings. The quantitative estimate of drug-likeness (QED) is 0.861. The van der Waals surface area contributed by atoms with Gasteiger partial charge in [0.2, 0.25) is 0 Å². The van der Waals surface area contributed by atoms with E-state index in [1.54, 1.807) is 6.07 Å². The van der Waals surface area contributed by atoms with Gasteiger partial charge in [0.1, 0.15) is 5.82 Å². The molecule has 3 heteroatoms. The smallest absolute Gasteiger partial charge is 0.146 e. The highest BCUT2D eigenvalue weighted by atomic mass is 19.1. The summed E-state index contributed by atoms with van der Waals surface area (Å²) in [6.07, 6.45) is 0. The normalized spacial score (nSPS) is 15.0. The van der Waals surface area contributed by atoms with E-state index >= 15 is 0 Å². The zero-order valence-corrected chi connectivity index (χ0v) is 13.9. The van der Waals surface area contributed by atoms with Crippen LogP contribution in [0.4, 0.5) is 10.1 Å². The van der Waals surface area contributed by atoms with Crippen molar-refractivity contribution in [2.24, 2.45) is 5.41 Å². The number of rotatable bonds is 5. The van der Waals surface area contributed by atoms with E-state index in [2.05, 4.69) is 46.9 Å². The maximum Gasteiger partial charge on any atom is 0.146 e. The van der Waals surface area contributed by atoms with E-state index in [9.17, 15) is 4.39 Å². The average Bonchev–Trinajstić information content (AvgIpc) is 2.36. The topological polar surface area (TPSA) is 15.3 Å². The Kier molecular flexibility index (Phi) is 5.58. The summed E-state index contributed by atoms with van der Waals surface area (Å²) in [7, 11) is 1.96. The summed E-state index contributed by atoms with van der Waals surface area (Å²) in [6.45, 7) is 13.6. The molecule has 20 heavy (non-hydrogen) atoms. The first-order valence-corrected chi connectivity index (χ1v) is 7.44. The first-order valence-electron chi connectivity index (χ1n) is 7.44. The van der Waals surface area contributed by atoms with E-state index in [1.807, 2.05) is 24.1 Å². The second-order valence-corrected chi connectivity index (χ2v) is 6.64. The Morgan fingerprint density at radius 3 is 2.30 bits per heavy atom. The van der Waals surface area contributed by atoms with Gasteiger partial charge in [0.25, 0.3) is 0 Å². The number of nitrogens with zero attached hydrogens (tertiary/aromatic N) is 1. The van der Waals surface area contributed by atoms with Gasteiger partial charge in [-0.05, 0) is 43.5 Å². The van der Waals surface area contributed by atoms with Crippen LogP contribution in [0.15, 0.2) is 18.2 Å². The van der Waals surface area contributed by atoms with Gasteiger partial charge < -0.3 is 10.2 Å². The van der Waals surface area contributed by atoms with Gasteiger partial charge in [-0.25, -0.2) is 4.39 Å². The second-order valence-electron chi connectivity index (χ2n) is 6.64. The molecule has 1 N–H and O–H groups in total.